The first kappa shape index (κ1) is 12.3. The molecule has 0 spiro atoms. The highest BCUT2D eigenvalue weighted by Crippen LogP contribution is 2.39. The summed E-state index contributed by atoms with van der Waals surface area (Å²) in [5.74, 6) is 0.845. The normalized spacial score (nSPS) is 23.7. The van der Waals surface area contributed by atoms with Crippen molar-refractivity contribution in [3.05, 3.63) is 23.8 Å². The monoisotopic (exact) mass is 255 g/mol. The molecular weight excluding hydrogens is 234 g/mol. The number of hydrogen-bond donors (Lipinski definition) is 1. The Labute approximate surface area is 115 Å². The minimum Gasteiger partial charge on any atom is -0.397 e. The van der Waals surface area contributed by atoms with Crippen LogP contribution in [0.5, 0.6) is 0 Å². The quantitative estimate of drug-likeness (QED) is 0.825. The van der Waals surface area contributed by atoms with Crippen LogP contribution >= 0.6 is 0 Å². The van der Waals surface area contributed by atoms with E-state index in [1.54, 1.807) is 6.07 Å². The molecule has 3 heteroatoms. The Morgan fingerprint density at radius 1 is 1.16 bits per heavy atom. The number of nitrogen functional groups attached to an aromatic ring is 1. The average Bonchev–Trinajstić information content (AvgIpc) is 3.08. The van der Waals surface area contributed by atoms with Crippen molar-refractivity contribution in [1.29, 1.82) is 5.26 Å². The van der Waals surface area contributed by atoms with Gasteiger partial charge in [0.15, 0.2) is 0 Å². The van der Waals surface area contributed by atoms with Gasteiger partial charge in [-0.2, -0.15) is 5.26 Å². The van der Waals surface area contributed by atoms with Crippen LogP contribution in [-0.4, -0.2) is 12.6 Å². The van der Waals surface area contributed by atoms with Gasteiger partial charge in [-0.1, -0.05) is 12.8 Å². The summed E-state index contributed by atoms with van der Waals surface area (Å²) >= 11 is 0. The number of rotatable bonds is 2. The second-order valence-corrected chi connectivity index (χ2v) is 5.83. The number of hydrogen-bond acceptors (Lipinski definition) is 3. The van der Waals surface area contributed by atoms with E-state index in [-0.39, 0.29) is 0 Å². The van der Waals surface area contributed by atoms with Gasteiger partial charge in [-0.15, -0.1) is 0 Å². The van der Waals surface area contributed by atoms with Crippen molar-refractivity contribution in [2.45, 2.75) is 44.6 Å². The summed E-state index contributed by atoms with van der Waals surface area (Å²) in [5, 5.41) is 8.92. The molecule has 1 saturated carbocycles. The SMILES string of the molecule is N#Cc1ccc(N2CCCC2C2CCCC2)c(N)c1. The zero-order chi connectivity index (χ0) is 13.2. The molecule has 0 aromatic heterocycles. The molecule has 0 amide bonds. The van der Waals surface area contributed by atoms with Crippen LogP contribution in [-0.2, 0) is 0 Å². The fraction of sp³-hybridized carbons (Fsp3) is 0.562. The minimum atomic E-state index is 0.651. The zero-order valence-electron chi connectivity index (χ0n) is 11.3. The maximum absolute atomic E-state index is 8.92. The van der Waals surface area contributed by atoms with Gasteiger partial charge in [0.2, 0.25) is 0 Å². The second-order valence-electron chi connectivity index (χ2n) is 5.83. The van der Waals surface area contributed by atoms with Crippen LogP contribution in [0.2, 0.25) is 0 Å². The number of benzene rings is 1. The van der Waals surface area contributed by atoms with Crippen LogP contribution in [0.4, 0.5) is 11.4 Å². The van der Waals surface area contributed by atoms with E-state index in [9.17, 15) is 0 Å². The molecule has 0 radical (unpaired) electrons. The topological polar surface area (TPSA) is 53.0 Å². The molecule has 1 atom stereocenters. The largest absolute Gasteiger partial charge is 0.397 e. The number of anilines is 2. The first-order valence-corrected chi connectivity index (χ1v) is 7.36. The first-order valence-electron chi connectivity index (χ1n) is 7.36. The molecule has 3 rings (SSSR count). The third-order valence-corrected chi connectivity index (χ3v) is 4.71. The van der Waals surface area contributed by atoms with E-state index in [1.807, 2.05) is 12.1 Å². The van der Waals surface area contributed by atoms with Gasteiger partial charge in [-0.3, -0.25) is 0 Å². The van der Waals surface area contributed by atoms with Gasteiger partial charge >= 0.3 is 0 Å². The van der Waals surface area contributed by atoms with Crippen molar-refractivity contribution in [2.75, 3.05) is 17.2 Å². The summed E-state index contributed by atoms with van der Waals surface area (Å²) in [5.41, 5.74) is 8.68. The standard InChI is InChI=1S/C16H21N3/c17-11-12-7-8-16(14(18)10-12)19-9-3-6-15(19)13-4-1-2-5-13/h7-8,10,13,15H,1-6,9,18H2. The Morgan fingerprint density at radius 2 is 1.95 bits per heavy atom. The van der Waals surface area contributed by atoms with E-state index in [4.69, 9.17) is 11.0 Å². The van der Waals surface area contributed by atoms with Gasteiger partial charge in [0, 0.05) is 12.6 Å². The van der Waals surface area contributed by atoms with Gasteiger partial charge in [0.25, 0.3) is 0 Å². The molecule has 2 aliphatic rings. The fourth-order valence-corrected chi connectivity index (χ4v) is 3.81. The highest BCUT2D eigenvalue weighted by molar-refractivity contribution is 5.70. The van der Waals surface area contributed by atoms with E-state index in [0.29, 0.717) is 11.6 Å². The van der Waals surface area contributed by atoms with Crippen LogP contribution in [0, 0.1) is 17.2 Å². The van der Waals surface area contributed by atoms with Crippen molar-refractivity contribution in [3.8, 4) is 6.07 Å². The smallest absolute Gasteiger partial charge is 0.0992 e. The Kier molecular flexibility index (Phi) is 3.33. The van der Waals surface area contributed by atoms with Gasteiger partial charge in [-0.05, 0) is 49.8 Å². The van der Waals surface area contributed by atoms with Crippen molar-refractivity contribution in [1.82, 2.24) is 0 Å². The lowest BCUT2D eigenvalue weighted by Crippen LogP contribution is -2.35. The third-order valence-electron chi connectivity index (χ3n) is 4.71. The van der Waals surface area contributed by atoms with Crippen molar-refractivity contribution >= 4 is 11.4 Å². The highest BCUT2D eigenvalue weighted by Gasteiger charge is 2.33. The number of nitrogens with two attached hydrogens (primary N) is 1. The second kappa shape index (κ2) is 5.13. The molecule has 2 N–H and O–H groups in total. The molecule has 2 fully saturated rings. The van der Waals surface area contributed by atoms with Gasteiger partial charge in [0.05, 0.1) is 23.0 Å². The molecule has 1 aromatic carbocycles. The predicted molar refractivity (Wildman–Crippen MR) is 77.9 cm³/mol. The summed E-state index contributed by atoms with van der Waals surface area (Å²) in [4.78, 5) is 2.49. The summed E-state index contributed by atoms with van der Waals surface area (Å²) in [6, 6.07) is 8.54. The predicted octanol–water partition coefficient (Wildman–Crippen LogP) is 3.30. The summed E-state index contributed by atoms with van der Waals surface area (Å²) < 4.78 is 0. The van der Waals surface area contributed by atoms with Crippen molar-refractivity contribution in [2.24, 2.45) is 5.92 Å². The van der Waals surface area contributed by atoms with E-state index in [1.165, 1.54) is 38.5 Å². The van der Waals surface area contributed by atoms with E-state index in [2.05, 4.69) is 11.0 Å². The molecule has 19 heavy (non-hydrogen) atoms. The van der Waals surface area contributed by atoms with Gasteiger partial charge in [0.1, 0.15) is 0 Å². The Morgan fingerprint density at radius 3 is 2.63 bits per heavy atom. The first-order chi connectivity index (χ1) is 9.29. The molecular formula is C16H21N3. The third kappa shape index (κ3) is 2.28. The van der Waals surface area contributed by atoms with Crippen molar-refractivity contribution < 1.29 is 0 Å². The summed E-state index contributed by atoms with van der Waals surface area (Å²) in [6.45, 7) is 1.11. The molecule has 1 unspecified atom stereocenters. The van der Waals surface area contributed by atoms with Crippen LogP contribution < -0.4 is 10.6 Å². The Bertz CT molecular complexity index is 497. The van der Waals surface area contributed by atoms with E-state index in [0.717, 1.165) is 23.8 Å². The molecule has 3 nitrogen and oxygen atoms in total. The van der Waals surface area contributed by atoms with Gasteiger partial charge in [-0.25, -0.2) is 0 Å². The van der Waals surface area contributed by atoms with Crippen LogP contribution in [0.3, 0.4) is 0 Å². The Balaban J connectivity index is 1.86. The maximum atomic E-state index is 8.92. The molecule has 1 aliphatic carbocycles. The molecule has 1 heterocycles. The van der Waals surface area contributed by atoms with E-state index < -0.39 is 0 Å². The summed E-state index contributed by atoms with van der Waals surface area (Å²) in [7, 11) is 0. The average molecular weight is 255 g/mol. The lowest BCUT2D eigenvalue weighted by molar-refractivity contribution is 0.431. The lowest BCUT2D eigenvalue weighted by Gasteiger charge is -2.32. The van der Waals surface area contributed by atoms with E-state index >= 15 is 0 Å². The highest BCUT2D eigenvalue weighted by atomic mass is 15.2. The fourth-order valence-electron chi connectivity index (χ4n) is 3.81. The molecule has 0 bridgehead atoms. The van der Waals surface area contributed by atoms with Crippen LogP contribution in [0.25, 0.3) is 0 Å². The van der Waals surface area contributed by atoms with Crippen LogP contribution in [0.1, 0.15) is 44.1 Å². The lowest BCUT2D eigenvalue weighted by atomic mass is 9.95. The zero-order valence-corrected chi connectivity index (χ0v) is 11.3. The van der Waals surface area contributed by atoms with Crippen LogP contribution in [0.15, 0.2) is 18.2 Å². The molecule has 1 aromatic rings. The minimum absolute atomic E-state index is 0.651. The van der Waals surface area contributed by atoms with Crippen molar-refractivity contribution in [3.63, 3.8) is 0 Å². The molecule has 100 valence electrons. The molecule has 1 aliphatic heterocycles. The number of nitrogens with zero attached hydrogens (tertiary/aromatic N) is 2. The number of nitriles is 1. The maximum Gasteiger partial charge on any atom is 0.0992 e. The van der Waals surface area contributed by atoms with Gasteiger partial charge < -0.3 is 10.6 Å². The summed E-state index contributed by atoms with van der Waals surface area (Å²) in [6.07, 6.45) is 8.08. The molecule has 1 saturated heterocycles. The Hall–Kier alpha value is -1.69.